The van der Waals surface area contributed by atoms with Gasteiger partial charge in [0.25, 0.3) is 23.6 Å². The van der Waals surface area contributed by atoms with Crippen LogP contribution in [0.4, 0.5) is 11.4 Å². The van der Waals surface area contributed by atoms with Crippen molar-refractivity contribution in [2.24, 2.45) is 35.5 Å². The average Bonchev–Trinajstić information content (AvgIpc) is 0.723. The number of rotatable bonds is 30. The number of nitrogens with one attached hydrogen (secondary N) is 4. The molecule has 8 atom stereocenters. The monoisotopic (exact) mass is 1860 g/mol. The van der Waals surface area contributed by atoms with E-state index in [4.69, 9.17) is 44.6 Å². The normalized spacial score (nSPS) is 26.3. The van der Waals surface area contributed by atoms with E-state index in [0.29, 0.717) is 11.1 Å². The van der Waals surface area contributed by atoms with Crippen molar-refractivity contribution < 1.29 is 42.9 Å². The summed E-state index contributed by atoms with van der Waals surface area (Å²) in [7, 11) is 6.77. The first-order valence-corrected chi connectivity index (χ1v) is 51.0. The van der Waals surface area contributed by atoms with E-state index in [9.17, 15) is 24.0 Å². The molecule has 8 aromatic carbocycles. The van der Waals surface area contributed by atoms with Gasteiger partial charge in [0, 0.05) is 71.2 Å². The summed E-state index contributed by atoms with van der Waals surface area (Å²) in [5.74, 6) is 17.0. The van der Waals surface area contributed by atoms with Gasteiger partial charge in [-0.15, -0.1) is 38.1 Å². The number of fused-ring (bicyclic) bond motifs is 4. The van der Waals surface area contributed by atoms with Crippen LogP contribution in [0.2, 0.25) is 0 Å². The lowest BCUT2D eigenvalue weighted by Gasteiger charge is -2.62. The van der Waals surface area contributed by atoms with Crippen LogP contribution < -0.4 is 40.2 Å². The number of anilines is 2. The second kappa shape index (κ2) is 43.7. The maximum atomic E-state index is 13.2. The molecule has 137 heavy (non-hydrogen) atoms. The summed E-state index contributed by atoms with van der Waals surface area (Å²) in [5, 5.41) is 14.6. The van der Waals surface area contributed by atoms with E-state index in [-0.39, 0.29) is 102 Å². The topological polar surface area (TPSA) is 183 Å². The number of hydrogen-bond acceptors (Lipinski definition) is 12. The van der Waals surface area contributed by atoms with E-state index >= 15 is 0 Å². The third-order valence-corrected chi connectivity index (χ3v) is 32.7. The molecule has 18 heteroatoms. The Hall–Kier alpha value is -11.4. The average molecular weight is 1860 g/mol. The first kappa shape index (κ1) is 98.6. The number of terminal acetylenes is 4. The number of benzene rings is 8. The Balaban J connectivity index is 0.000000132. The van der Waals surface area contributed by atoms with E-state index < -0.39 is 0 Å². The Labute approximate surface area is 820 Å². The van der Waals surface area contributed by atoms with Gasteiger partial charge in [0.15, 0.2) is 0 Å². The van der Waals surface area contributed by atoms with Gasteiger partial charge in [0.1, 0.15) is 23.0 Å². The summed E-state index contributed by atoms with van der Waals surface area (Å²) < 4.78 is 22.0. The Bertz CT molecular complexity index is 5560. The Morgan fingerprint density at radius 2 is 0.628 bits per heavy atom. The zero-order valence-corrected chi connectivity index (χ0v) is 82.6. The molecular formula is C119H141ClN8O9. The van der Waals surface area contributed by atoms with Crippen molar-refractivity contribution in [1.82, 2.24) is 30.2 Å². The van der Waals surface area contributed by atoms with Gasteiger partial charge in [0.05, 0.1) is 52.6 Å². The number of ether oxygens (including phenoxy) is 4. The molecule has 4 heterocycles. The predicted molar refractivity (Wildman–Crippen MR) is 547 cm³/mol. The highest BCUT2D eigenvalue weighted by atomic mass is 35.5. The third-order valence-electron chi connectivity index (χ3n) is 32.7. The number of carbonyl (C=O) groups excluding carboxylic acids is 5. The molecule has 718 valence electrons. The van der Waals surface area contributed by atoms with Crippen molar-refractivity contribution in [1.29, 1.82) is 0 Å². The molecule has 4 N–H and O–H groups in total. The van der Waals surface area contributed by atoms with Gasteiger partial charge in [-0.05, 0) is 345 Å². The van der Waals surface area contributed by atoms with Crippen molar-refractivity contribution in [2.75, 3.05) is 39.1 Å². The lowest BCUT2D eigenvalue weighted by Crippen LogP contribution is -2.66. The van der Waals surface area contributed by atoms with E-state index in [2.05, 4.69) is 188 Å². The van der Waals surface area contributed by atoms with Gasteiger partial charge in [-0.1, -0.05) is 183 Å². The molecule has 8 aromatic rings. The van der Waals surface area contributed by atoms with Crippen LogP contribution in [0.15, 0.2) is 170 Å². The summed E-state index contributed by atoms with van der Waals surface area (Å²) in [5.41, 5.74) is 19.4. The Morgan fingerprint density at radius 1 is 0.358 bits per heavy atom. The van der Waals surface area contributed by atoms with Gasteiger partial charge in [0.2, 0.25) is 5.91 Å². The van der Waals surface area contributed by atoms with Crippen molar-refractivity contribution in [3.8, 4) is 72.4 Å². The molecule has 15 aliphatic rings. The molecule has 0 unspecified atom stereocenters. The number of halogens is 1. The lowest BCUT2D eigenvalue weighted by molar-refractivity contribution is -0.130. The fourth-order valence-electron chi connectivity index (χ4n) is 25.6. The molecular weight excluding hydrogens is 1720 g/mol. The first-order valence-electron chi connectivity index (χ1n) is 51.0. The molecule has 0 saturated heterocycles. The fraction of sp³-hybridized carbons (Fsp3) is 0.487. The van der Waals surface area contributed by atoms with Crippen molar-refractivity contribution >= 4 is 53.3 Å². The first-order chi connectivity index (χ1) is 66.2. The van der Waals surface area contributed by atoms with Gasteiger partial charge >= 0.3 is 0 Å². The Kier molecular flexibility index (Phi) is 31.5. The van der Waals surface area contributed by atoms with Crippen LogP contribution in [-0.2, 0) is 62.7 Å². The minimum absolute atomic E-state index is 0. The molecule has 17 nitrogen and oxygen atoms in total. The zero-order chi connectivity index (χ0) is 94.9. The van der Waals surface area contributed by atoms with E-state index in [1.54, 1.807) is 28.4 Å². The predicted octanol–water partition coefficient (Wildman–Crippen LogP) is 22.3. The van der Waals surface area contributed by atoms with Crippen LogP contribution in [0.3, 0.4) is 0 Å². The van der Waals surface area contributed by atoms with Crippen LogP contribution in [0, 0.1) is 84.9 Å². The van der Waals surface area contributed by atoms with Crippen LogP contribution in [0.5, 0.6) is 23.0 Å². The van der Waals surface area contributed by atoms with Crippen LogP contribution in [0.1, 0.15) is 303 Å². The summed E-state index contributed by atoms with van der Waals surface area (Å²) in [6.07, 6.45) is 57.5. The van der Waals surface area contributed by atoms with Gasteiger partial charge in [-0.2, -0.15) is 0 Å². The minimum Gasteiger partial charge on any atom is -0.497 e. The van der Waals surface area contributed by atoms with E-state index in [1.807, 2.05) is 74.2 Å². The molecule has 11 aliphatic carbocycles. The quantitative estimate of drug-likeness (QED) is 0.0313. The molecule has 0 spiro atoms. The molecule has 5 amide bonds. The number of carbonyl (C=O) groups is 5. The number of hydrogen-bond donors (Lipinski definition) is 4. The number of methoxy groups -OCH3 is 4. The molecule has 8 bridgehead atoms. The van der Waals surface area contributed by atoms with Crippen LogP contribution >= 0.6 is 12.4 Å². The second-order valence-corrected chi connectivity index (χ2v) is 41.7. The maximum absolute atomic E-state index is 13.2. The SMILES string of the molecule is C#CC(=O)N1[C@@H](CCCC)Cc2cc(OC)ccc2[C@@H]1c1ccc(CNC23CC(C2)C3)cc1.C#CC(=O)N1[C@@H](CCCC)Cc2cc(OC)ccc2[C@@H]1c1ccc(CNC23CC(C2)C3)cc1.C#CC(=O)N1[C@@H](CCCC)Cc2cc(OC)ccc2[C@@H]1c1ccc(NC(=O)C2CCC2)cc1.C#CC(=O)N1[C@@H](CCCC)Cc2cc(OC)ccc2[C@@H]1c1ccc(NC23CC4CC(CC(C4)C2)C3)cc1.Cl. The molecule has 11 saturated carbocycles. The molecule has 0 aromatic heterocycles. The van der Waals surface area contributed by atoms with E-state index in [0.717, 1.165) is 238 Å². The standard InChI is InChI=1S/C33H40N2O2.2C29H34N2O2.C28H32N2O3.ClH/c1-4-6-7-28-17-26-18-29(37-3)12-13-30(26)32(35(28)31(36)5-2)25-8-10-27(11-9-25)34-33-19-22-14-23(20-33)16-24(15-22)21-33;2*1-4-6-7-24-14-23-15-25(33-3)12-13-26(23)28(31(24)27(32)5-2)22-10-8-20(9-11-22)19-30-29-16-21(17-29)18-29;1-4-6-10-23-17-21-18-24(33-3)15-16-25(21)27(30(23)26(31)5-2)19-11-13-22(14-12-19)29-28(32)20-8-7-9-20;/h2,8-13,18,22-24,28,32,34H,4,6-7,14-17,19-21H2,1,3H3;2*2,8-13,15,21,24,28,30H,4,6-7,14,16-19H2,1,3H3;2,11-16,18,20,23,27H,4,6-10,17H2,1,3H3,(H,29,32);1H/t22?,23?,24?,28-,32-,33?;2*21?,24-,28-,29?;23-,27-;/m0000./s1. The van der Waals surface area contributed by atoms with E-state index in [1.165, 1.54) is 116 Å². The molecule has 23 rings (SSSR count). The highest BCUT2D eigenvalue weighted by Gasteiger charge is 2.57. The highest BCUT2D eigenvalue weighted by Crippen LogP contribution is 2.60. The van der Waals surface area contributed by atoms with Gasteiger partial charge in [-0.25, -0.2) is 0 Å². The largest absolute Gasteiger partial charge is 0.497 e. The fourth-order valence-corrected chi connectivity index (χ4v) is 25.6. The summed E-state index contributed by atoms with van der Waals surface area (Å²) in [4.78, 5) is 72.4. The smallest absolute Gasteiger partial charge is 0.299 e. The van der Waals surface area contributed by atoms with Crippen molar-refractivity contribution in [3.05, 3.63) is 248 Å². The zero-order valence-electron chi connectivity index (χ0n) is 81.8. The number of unbranched alkanes of at least 4 members (excludes halogenated alkanes) is 4. The lowest BCUT2D eigenvalue weighted by atomic mass is 9.50. The number of nitrogens with zero attached hydrogens (tertiary/aromatic N) is 4. The van der Waals surface area contributed by atoms with Crippen LogP contribution in [0.25, 0.3) is 0 Å². The van der Waals surface area contributed by atoms with Crippen molar-refractivity contribution in [3.63, 3.8) is 0 Å². The van der Waals surface area contributed by atoms with Gasteiger partial charge < -0.3 is 59.8 Å². The molecule has 0 radical (unpaired) electrons. The minimum atomic E-state index is -0.287. The second-order valence-electron chi connectivity index (χ2n) is 41.7. The Morgan fingerprint density at radius 3 is 0.869 bits per heavy atom. The van der Waals surface area contributed by atoms with Gasteiger partial charge in [-0.3, -0.25) is 24.0 Å². The highest BCUT2D eigenvalue weighted by molar-refractivity contribution is 5.96. The number of amides is 5. The third kappa shape index (κ3) is 21.3. The summed E-state index contributed by atoms with van der Waals surface area (Å²) in [6.45, 7) is 10.5. The maximum Gasteiger partial charge on any atom is 0.299 e. The summed E-state index contributed by atoms with van der Waals surface area (Å²) >= 11 is 0. The molecule has 11 fully saturated rings. The molecule has 4 aliphatic heterocycles. The summed E-state index contributed by atoms with van der Waals surface area (Å²) in [6, 6.07) is 58.4. The van der Waals surface area contributed by atoms with Crippen molar-refractivity contribution in [2.45, 2.75) is 305 Å². The van der Waals surface area contributed by atoms with Crippen LogP contribution in [-0.4, -0.2) is 118 Å².